The van der Waals surface area contributed by atoms with Crippen molar-refractivity contribution >= 4 is 6.29 Å². The molecule has 1 aromatic heterocycles. The molecule has 3 nitrogen and oxygen atoms in total. The average Bonchev–Trinajstić information content (AvgIpc) is 2.79. The van der Waals surface area contributed by atoms with E-state index in [4.69, 9.17) is 0 Å². The molecule has 0 unspecified atom stereocenters. The third kappa shape index (κ3) is 2.94. The summed E-state index contributed by atoms with van der Waals surface area (Å²) in [5.41, 5.74) is 2.59. The first kappa shape index (κ1) is 14.0. The van der Waals surface area contributed by atoms with Crippen molar-refractivity contribution in [3.8, 4) is 0 Å². The molecular weight excluding hydrogens is 248 g/mol. The number of rotatable bonds is 7. The largest absolute Gasteiger partial charge is 0.326 e. The van der Waals surface area contributed by atoms with Gasteiger partial charge in [0.1, 0.15) is 11.5 Å². The van der Waals surface area contributed by atoms with Gasteiger partial charge in [0.15, 0.2) is 6.29 Å². The summed E-state index contributed by atoms with van der Waals surface area (Å²) in [7, 11) is 0. The van der Waals surface area contributed by atoms with Gasteiger partial charge in [-0.05, 0) is 5.56 Å². The van der Waals surface area contributed by atoms with Gasteiger partial charge >= 0.3 is 0 Å². The fraction of sp³-hybridized carbons (Fsp3) is 0.176. The predicted octanol–water partition coefficient (Wildman–Crippen LogP) is 3.20. The monoisotopic (exact) mass is 266 g/mol. The first-order valence-corrected chi connectivity index (χ1v) is 6.59. The topological polar surface area (TPSA) is 34.9 Å². The Bertz CT molecular complexity index is 611. The first-order chi connectivity index (χ1) is 9.80. The molecule has 0 atom stereocenters. The summed E-state index contributed by atoms with van der Waals surface area (Å²) in [5, 5.41) is 0. The Kier molecular flexibility index (Phi) is 4.66. The highest BCUT2D eigenvalue weighted by atomic mass is 16.1. The van der Waals surface area contributed by atoms with Crippen LogP contribution in [0.5, 0.6) is 0 Å². The summed E-state index contributed by atoms with van der Waals surface area (Å²) in [6.07, 6.45) is 5.68. The van der Waals surface area contributed by atoms with Crippen LogP contribution in [0, 0.1) is 0 Å². The molecule has 3 heteroatoms. The molecule has 2 aromatic rings. The molecule has 1 aromatic carbocycles. The van der Waals surface area contributed by atoms with E-state index < -0.39 is 0 Å². The minimum Gasteiger partial charge on any atom is -0.326 e. The van der Waals surface area contributed by atoms with E-state index in [1.54, 1.807) is 12.2 Å². The smallest absolute Gasteiger partial charge is 0.170 e. The van der Waals surface area contributed by atoms with E-state index in [2.05, 4.69) is 34.8 Å². The molecule has 0 spiro atoms. The summed E-state index contributed by atoms with van der Waals surface area (Å²) in [6, 6.07) is 10.1. The summed E-state index contributed by atoms with van der Waals surface area (Å²) >= 11 is 0. The van der Waals surface area contributed by atoms with Crippen molar-refractivity contribution < 1.29 is 4.79 Å². The number of imidazole rings is 1. The third-order valence-corrected chi connectivity index (χ3v) is 3.14. The normalized spacial score (nSPS) is 10.2. The number of allylic oxidation sites excluding steroid dienone is 2. The van der Waals surface area contributed by atoms with Crippen LogP contribution < -0.4 is 0 Å². The van der Waals surface area contributed by atoms with Gasteiger partial charge in [-0.15, -0.1) is 13.2 Å². The molecule has 102 valence electrons. The number of carbonyl (C=O) groups is 1. The maximum absolute atomic E-state index is 11.2. The number of nitrogens with zero attached hydrogens (tertiary/aromatic N) is 2. The van der Waals surface area contributed by atoms with Crippen LogP contribution in [-0.2, 0) is 19.4 Å². The highest BCUT2D eigenvalue weighted by Gasteiger charge is 2.15. The molecule has 0 saturated carbocycles. The van der Waals surface area contributed by atoms with E-state index in [1.807, 2.05) is 18.2 Å². The molecule has 0 aliphatic heterocycles. The van der Waals surface area contributed by atoms with Crippen molar-refractivity contribution in [3.63, 3.8) is 0 Å². The van der Waals surface area contributed by atoms with Crippen LogP contribution in [0.2, 0.25) is 0 Å². The van der Waals surface area contributed by atoms with Crippen molar-refractivity contribution in [1.82, 2.24) is 9.55 Å². The van der Waals surface area contributed by atoms with Crippen molar-refractivity contribution in [2.24, 2.45) is 0 Å². The van der Waals surface area contributed by atoms with Crippen LogP contribution >= 0.6 is 0 Å². The first-order valence-electron chi connectivity index (χ1n) is 6.59. The Balaban J connectivity index is 2.46. The van der Waals surface area contributed by atoms with Crippen molar-refractivity contribution in [3.05, 3.63) is 78.4 Å². The highest BCUT2D eigenvalue weighted by molar-refractivity contribution is 5.74. The van der Waals surface area contributed by atoms with Crippen LogP contribution in [0.3, 0.4) is 0 Å². The van der Waals surface area contributed by atoms with E-state index in [0.717, 1.165) is 17.8 Å². The van der Waals surface area contributed by atoms with E-state index in [0.29, 0.717) is 25.1 Å². The van der Waals surface area contributed by atoms with Gasteiger partial charge in [0.05, 0.1) is 5.69 Å². The fourth-order valence-corrected chi connectivity index (χ4v) is 2.24. The molecule has 0 N–H and O–H groups in total. The second-order valence-corrected chi connectivity index (χ2v) is 4.54. The lowest BCUT2D eigenvalue weighted by molar-refractivity contribution is 0.111. The van der Waals surface area contributed by atoms with Crippen LogP contribution in [-0.4, -0.2) is 15.8 Å². The summed E-state index contributed by atoms with van der Waals surface area (Å²) in [5.74, 6) is 0.864. The average molecular weight is 266 g/mol. The number of hydrogen-bond donors (Lipinski definition) is 0. The van der Waals surface area contributed by atoms with Gasteiger partial charge in [-0.2, -0.15) is 0 Å². The van der Waals surface area contributed by atoms with Crippen LogP contribution in [0.1, 0.15) is 27.6 Å². The molecular formula is C17H18N2O. The molecule has 20 heavy (non-hydrogen) atoms. The molecule has 0 aliphatic carbocycles. The van der Waals surface area contributed by atoms with Gasteiger partial charge in [0.2, 0.25) is 0 Å². The number of carbonyl (C=O) groups excluding carboxylic acids is 1. The quantitative estimate of drug-likeness (QED) is 0.570. The number of hydrogen-bond acceptors (Lipinski definition) is 2. The lowest BCUT2D eigenvalue weighted by atomic mass is 10.2. The van der Waals surface area contributed by atoms with E-state index in [1.165, 1.54) is 5.56 Å². The molecule has 0 aliphatic rings. The SMILES string of the molecule is C=CCc1nc(C=O)c(CC=C)n1Cc1ccccc1. The fourth-order valence-electron chi connectivity index (χ4n) is 2.24. The standard InChI is InChI=1S/C17H18N2O/c1-3-8-16-15(13-20)18-17(9-4-2)19(16)12-14-10-6-5-7-11-14/h3-7,10-11,13H,1-2,8-9,12H2. The Labute approximate surface area is 119 Å². The minimum atomic E-state index is 0.498. The minimum absolute atomic E-state index is 0.498. The molecule has 0 radical (unpaired) electrons. The molecule has 0 fully saturated rings. The highest BCUT2D eigenvalue weighted by Crippen LogP contribution is 2.16. The Morgan fingerprint density at radius 1 is 1.10 bits per heavy atom. The summed E-state index contributed by atoms with van der Waals surface area (Å²) < 4.78 is 2.09. The van der Waals surface area contributed by atoms with Crippen LogP contribution in [0.25, 0.3) is 0 Å². The molecule has 2 rings (SSSR count). The zero-order valence-electron chi connectivity index (χ0n) is 11.5. The van der Waals surface area contributed by atoms with E-state index >= 15 is 0 Å². The zero-order valence-corrected chi connectivity index (χ0v) is 11.5. The Morgan fingerprint density at radius 3 is 2.40 bits per heavy atom. The summed E-state index contributed by atoms with van der Waals surface area (Å²) in [6.45, 7) is 8.21. The maximum Gasteiger partial charge on any atom is 0.170 e. The molecule has 0 amide bonds. The Hall–Kier alpha value is -2.42. The van der Waals surface area contributed by atoms with E-state index in [-0.39, 0.29) is 0 Å². The Morgan fingerprint density at radius 2 is 1.80 bits per heavy atom. The van der Waals surface area contributed by atoms with Gasteiger partial charge < -0.3 is 4.57 Å². The molecule has 1 heterocycles. The lowest BCUT2D eigenvalue weighted by Gasteiger charge is -2.10. The van der Waals surface area contributed by atoms with Gasteiger partial charge in [-0.1, -0.05) is 42.5 Å². The second kappa shape index (κ2) is 6.66. The van der Waals surface area contributed by atoms with Gasteiger partial charge in [-0.25, -0.2) is 4.98 Å². The lowest BCUT2D eigenvalue weighted by Crippen LogP contribution is -2.08. The van der Waals surface area contributed by atoms with Gasteiger partial charge in [0, 0.05) is 19.4 Å². The molecule has 0 bridgehead atoms. The van der Waals surface area contributed by atoms with E-state index in [9.17, 15) is 4.79 Å². The number of benzene rings is 1. The number of aromatic nitrogens is 2. The van der Waals surface area contributed by atoms with Crippen molar-refractivity contribution in [2.45, 2.75) is 19.4 Å². The predicted molar refractivity (Wildman–Crippen MR) is 81.0 cm³/mol. The molecule has 0 saturated heterocycles. The van der Waals surface area contributed by atoms with Gasteiger partial charge in [-0.3, -0.25) is 4.79 Å². The van der Waals surface area contributed by atoms with Gasteiger partial charge in [0.25, 0.3) is 0 Å². The van der Waals surface area contributed by atoms with Crippen LogP contribution in [0.15, 0.2) is 55.6 Å². The van der Waals surface area contributed by atoms with Crippen molar-refractivity contribution in [2.75, 3.05) is 0 Å². The van der Waals surface area contributed by atoms with Crippen molar-refractivity contribution in [1.29, 1.82) is 0 Å². The van der Waals surface area contributed by atoms with Crippen LogP contribution in [0.4, 0.5) is 0 Å². The number of aldehydes is 1. The maximum atomic E-state index is 11.2. The third-order valence-electron chi connectivity index (χ3n) is 3.14. The second-order valence-electron chi connectivity index (χ2n) is 4.54. The zero-order chi connectivity index (χ0) is 14.4. The summed E-state index contributed by atoms with van der Waals surface area (Å²) in [4.78, 5) is 15.6.